The lowest BCUT2D eigenvalue weighted by Gasteiger charge is -2.33. The van der Waals surface area contributed by atoms with Crippen LogP contribution in [-0.2, 0) is 21.4 Å². The summed E-state index contributed by atoms with van der Waals surface area (Å²) < 4.78 is 66.5. The Balaban J connectivity index is 1.54. The molecule has 3 rings (SSSR count). The molecule has 1 heterocycles. The summed E-state index contributed by atoms with van der Waals surface area (Å²) in [4.78, 5) is 13.0. The lowest BCUT2D eigenvalue weighted by atomic mass is 10.2. The molecule has 29 heavy (non-hydrogen) atoms. The quantitative estimate of drug-likeness (QED) is 0.713. The number of carbonyl (C=O) groups is 1. The van der Waals surface area contributed by atoms with Crippen LogP contribution in [-0.4, -0.2) is 56.3 Å². The number of hydrogen-bond acceptors (Lipinski definition) is 4. The number of carbonyl (C=O) groups excluding carboxylic acids is 1. The Morgan fingerprint density at radius 3 is 2.24 bits per heavy atom. The minimum Gasteiger partial charge on any atom is -0.351 e. The Morgan fingerprint density at radius 2 is 1.59 bits per heavy atom. The van der Waals surface area contributed by atoms with Crippen molar-refractivity contribution < 1.29 is 26.4 Å². The van der Waals surface area contributed by atoms with E-state index in [4.69, 9.17) is 0 Å². The van der Waals surface area contributed by atoms with Gasteiger partial charge in [-0.1, -0.05) is 30.3 Å². The molecule has 1 aliphatic heterocycles. The highest BCUT2D eigenvalue weighted by Gasteiger charge is 2.32. The molecule has 0 bridgehead atoms. The summed E-state index contributed by atoms with van der Waals surface area (Å²) in [5.41, 5.74) is 0.963. The summed E-state index contributed by atoms with van der Waals surface area (Å²) in [6.45, 7) is 1.01. The fraction of sp³-hybridized carbons (Fsp3) is 0.316. The predicted octanol–water partition coefficient (Wildman–Crippen LogP) is 1.73. The number of halogens is 3. The van der Waals surface area contributed by atoms with Crippen LogP contribution in [0.5, 0.6) is 0 Å². The van der Waals surface area contributed by atoms with Crippen LogP contribution in [0, 0.1) is 17.5 Å². The SMILES string of the molecule is O=C(CN1CCN(S(=O)(=O)c2ccc(F)c(F)c2F)CC1)NCc1ccccc1. The van der Waals surface area contributed by atoms with Crippen molar-refractivity contribution in [3.63, 3.8) is 0 Å². The first-order valence-electron chi connectivity index (χ1n) is 8.95. The monoisotopic (exact) mass is 427 g/mol. The van der Waals surface area contributed by atoms with Crippen LogP contribution in [0.1, 0.15) is 5.56 Å². The highest BCUT2D eigenvalue weighted by molar-refractivity contribution is 7.89. The van der Waals surface area contributed by atoms with Gasteiger partial charge >= 0.3 is 0 Å². The van der Waals surface area contributed by atoms with Gasteiger partial charge in [-0.05, 0) is 17.7 Å². The van der Waals surface area contributed by atoms with Crippen LogP contribution in [0.3, 0.4) is 0 Å². The number of amides is 1. The maximum absolute atomic E-state index is 13.9. The molecule has 1 amide bonds. The molecule has 2 aromatic rings. The Kier molecular flexibility index (Phi) is 6.56. The first-order valence-corrected chi connectivity index (χ1v) is 10.4. The molecule has 2 aromatic carbocycles. The van der Waals surface area contributed by atoms with E-state index in [0.717, 1.165) is 9.87 Å². The van der Waals surface area contributed by atoms with E-state index in [9.17, 15) is 26.4 Å². The fourth-order valence-electron chi connectivity index (χ4n) is 3.03. The van der Waals surface area contributed by atoms with Gasteiger partial charge in [0.1, 0.15) is 4.90 Å². The zero-order valence-corrected chi connectivity index (χ0v) is 16.3. The lowest BCUT2D eigenvalue weighted by Crippen LogP contribution is -2.51. The van der Waals surface area contributed by atoms with Gasteiger partial charge in [0.05, 0.1) is 6.54 Å². The minimum atomic E-state index is -4.31. The molecular formula is C19H20F3N3O3S. The molecule has 0 atom stereocenters. The van der Waals surface area contributed by atoms with Crippen LogP contribution >= 0.6 is 0 Å². The van der Waals surface area contributed by atoms with Gasteiger partial charge in [-0.3, -0.25) is 9.69 Å². The molecule has 1 saturated heterocycles. The van der Waals surface area contributed by atoms with Crippen molar-refractivity contribution in [1.82, 2.24) is 14.5 Å². The Morgan fingerprint density at radius 1 is 0.931 bits per heavy atom. The van der Waals surface area contributed by atoms with Crippen molar-refractivity contribution in [3.8, 4) is 0 Å². The summed E-state index contributed by atoms with van der Waals surface area (Å²) in [7, 11) is -4.31. The molecule has 1 fully saturated rings. The van der Waals surface area contributed by atoms with Gasteiger partial charge in [-0.15, -0.1) is 0 Å². The van der Waals surface area contributed by atoms with Gasteiger partial charge < -0.3 is 5.32 Å². The normalized spacial score (nSPS) is 16.0. The number of rotatable bonds is 6. The van der Waals surface area contributed by atoms with E-state index in [1.165, 1.54) is 0 Å². The standard InChI is InChI=1S/C19H20F3N3O3S/c20-15-6-7-16(19(22)18(15)21)29(27,28)25-10-8-24(9-11-25)13-17(26)23-12-14-4-2-1-3-5-14/h1-7H,8-13H2,(H,23,26). The van der Waals surface area contributed by atoms with Gasteiger partial charge in [0.25, 0.3) is 0 Å². The second kappa shape index (κ2) is 8.93. The van der Waals surface area contributed by atoms with Crippen LogP contribution in [0.15, 0.2) is 47.4 Å². The molecule has 10 heteroatoms. The third-order valence-electron chi connectivity index (χ3n) is 4.65. The van der Waals surface area contributed by atoms with Crippen molar-refractivity contribution in [2.75, 3.05) is 32.7 Å². The number of nitrogens with zero attached hydrogens (tertiary/aromatic N) is 2. The third kappa shape index (κ3) is 4.95. The average molecular weight is 427 g/mol. The van der Waals surface area contributed by atoms with Crippen molar-refractivity contribution in [2.24, 2.45) is 0 Å². The molecule has 0 saturated carbocycles. The molecule has 0 radical (unpaired) electrons. The van der Waals surface area contributed by atoms with E-state index < -0.39 is 32.4 Å². The smallest absolute Gasteiger partial charge is 0.246 e. The van der Waals surface area contributed by atoms with Crippen LogP contribution in [0.2, 0.25) is 0 Å². The van der Waals surface area contributed by atoms with Crippen LogP contribution in [0.4, 0.5) is 13.2 Å². The van der Waals surface area contributed by atoms with Gasteiger partial charge in [-0.2, -0.15) is 4.31 Å². The fourth-order valence-corrected chi connectivity index (χ4v) is 4.51. The average Bonchev–Trinajstić information content (AvgIpc) is 2.71. The first-order chi connectivity index (χ1) is 13.8. The van der Waals surface area contributed by atoms with Gasteiger partial charge in [0.2, 0.25) is 15.9 Å². The molecule has 1 aliphatic rings. The highest BCUT2D eigenvalue weighted by Crippen LogP contribution is 2.23. The van der Waals surface area contributed by atoms with Crippen molar-refractivity contribution >= 4 is 15.9 Å². The van der Waals surface area contributed by atoms with E-state index in [1.54, 1.807) is 4.90 Å². The summed E-state index contributed by atoms with van der Waals surface area (Å²) >= 11 is 0. The second-order valence-corrected chi connectivity index (χ2v) is 8.52. The Bertz CT molecular complexity index is 979. The van der Waals surface area contributed by atoms with E-state index in [1.807, 2.05) is 30.3 Å². The van der Waals surface area contributed by atoms with Gasteiger partial charge in [-0.25, -0.2) is 21.6 Å². The number of piperazine rings is 1. The second-order valence-electron chi connectivity index (χ2n) is 6.62. The zero-order chi connectivity index (χ0) is 21.0. The maximum atomic E-state index is 13.9. The number of sulfonamides is 1. The third-order valence-corrected chi connectivity index (χ3v) is 6.56. The minimum absolute atomic E-state index is 0.00668. The predicted molar refractivity (Wildman–Crippen MR) is 99.8 cm³/mol. The molecule has 0 unspecified atom stereocenters. The maximum Gasteiger partial charge on any atom is 0.246 e. The summed E-state index contributed by atoms with van der Waals surface area (Å²) in [6, 6.07) is 10.7. The van der Waals surface area contributed by atoms with Crippen molar-refractivity contribution in [1.29, 1.82) is 0 Å². The largest absolute Gasteiger partial charge is 0.351 e. The number of benzene rings is 2. The topological polar surface area (TPSA) is 69.7 Å². The van der Waals surface area contributed by atoms with E-state index in [-0.39, 0.29) is 38.6 Å². The highest BCUT2D eigenvalue weighted by atomic mass is 32.2. The summed E-state index contributed by atoms with van der Waals surface area (Å²) in [6.07, 6.45) is 0. The van der Waals surface area contributed by atoms with Gasteiger partial charge in [0, 0.05) is 32.7 Å². The molecule has 0 aromatic heterocycles. The first kappa shape index (κ1) is 21.3. The summed E-state index contributed by atoms with van der Waals surface area (Å²) in [5, 5.41) is 2.79. The Labute approximate surface area is 167 Å². The van der Waals surface area contributed by atoms with Crippen LogP contribution < -0.4 is 5.32 Å². The molecule has 6 nitrogen and oxygen atoms in total. The van der Waals surface area contributed by atoms with Gasteiger partial charge in [0.15, 0.2) is 17.5 Å². The van der Waals surface area contributed by atoms with Crippen molar-refractivity contribution in [2.45, 2.75) is 11.4 Å². The number of hydrogen-bond donors (Lipinski definition) is 1. The lowest BCUT2D eigenvalue weighted by molar-refractivity contribution is -0.122. The van der Waals surface area contributed by atoms with E-state index >= 15 is 0 Å². The molecule has 1 N–H and O–H groups in total. The molecule has 156 valence electrons. The van der Waals surface area contributed by atoms with Crippen LogP contribution in [0.25, 0.3) is 0 Å². The summed E-state index contributed by atoms with van der Waals surface area (Å²) in [5.74, 6) is -5.20. The van der Waals surface area contributed by atoms with E-state index in [0.29, 0.717) is 18.7 Å². The number of nitrogens with one attached hydrogen (secondary N) is 1. The zero-order valence-electron chi connectivity index (χ0n) is 15.4. The molecular weight excluding hydrogens is 407 g/mol. The molecule has 0 spiro atoms. The molecule has 0 aliphatic carbocycles. The van der Waals surface area contributed by atoms with Crippen molar-refractivity contribution in [3.05, 3.63) is 65.5 Å². The van der Waals surface area contributed by atoms with E-state index in [2.05, 4.69) is 5.32 Å². The Hall–Kier alpha value is -2.43.